The van der Waals surface area contributed by atoms with Crippen molar-refractivity contribution in [3.8, 4) is 22.9 Å². The molecule has 0 aliphatic rings. The highest BCUT2D eigenvalue weighted by atomic mass is 32.1. The van der Waals surface area contributed by atoms with Crippen LogP contribution < -0.4 is 14.8 Å². The number of nitrogens with zero attached hydrogens (tertiary/aromatic N) is 4. The van der Waals surface area contributed by atoms with Gasteiger partial charge in [0.25, 0.3) is 5.91 Å². The number of tetrazole rings is 1. The zero-order chi connectivity index (χ0) is 22.3. The van der Waals surface area contributed by atoms with Crippen molar-refractivity contribution in [1.82, 2.24) is 25.6 Å². The van der Waals surface area contributed by atoms with Crippen molar-refractivity contribution in [3.05, 3.63) is 64.5 Å². The predicted octanol–water partition coefficient (Wildman–Crippen LogP) is 3.98. The number of amides is 1. The van der Waals surface area contributed by atoms with Gasteiger partial charge in [0.1, 0.15) is 17.3 Å². The van der Waals surface area contributed by atoms with Crippen molar-refractivity contribution in [2.24, 2.45) is 0 Å². The molecule has 0 spiro atoms. The topological polar surface area (TPSA) is 115 Å². The minimum Gasteiger partial charge on any atom is -0.493 e. The number of hydrogen-bond acceptors (Lipinski definition) is 8. The Hall–Kier alpha value is -3.79. The van der Waals surface area contributed by atoms with Gasteiger partial charge in [-0.2, -0.15) is 11.3 Å². The smallest absolute Gasteiger partial charge is 0.257 e. The van der Waals surface area contributed by atoms with Gasteiger partial charge in [-0.3, -0.25) is 4.79 Å². The van der Waals surface area contributed by atoms with Crippen LogP contribution in [-0.4, -0.2) is 44.2 Å². The number of carbonyl (C=O) groups excluding carboxylic acids is 1. The van der Waals surface area contributed by atoms with Crippen LogP contribution in [0.1, 0.15) is 29.8 Å². The maximum atomic E-state index is 12.9. The number of anilines is 1. The van der Waals surface area contributed by atoms with Gasteiger partial charge in [0, 0.05) is 29.8 Å². The maximum Gasteiger partial charge on any atom is 0.257 e. The molecule has 0 aliphatic heterocycles. The lowest BCUT2D eigenvalue weighted by molar-refractivity contribution is 0.102. The van der Waals surface area contributed by atoms with Gasteiger partial charge in [-0.1, -0.05) is 0 Å². The van der Waals surface area contributed by atoms with Gasteiger partial charge >= 0.3 is 0 Å². The second kappa shape index (κ2) is 10.0. The van der Waals surface area contributed by atoms with E-state index in [4.69, 9.17) is 9.47 Å². The van der Waals surface area contributed by atoms with Crippen LogP contribution in [0.3, 0.4) is 0 Å². The minimum atomic E-state index is -0.316. The highest BCUT2D eigenvalue weighted by Crippen LogP contribution is 2.25. The fourth-order valence-electron chi connectivity index (χ4n) is 2.93. The van der Waals surface area contributed by atoms with E-state index in [9.17, 15) is 4.79 Å². The van der Waals surface area contributed by atoms with Gasteiger partial charge in [-0.15, -0.1) is 5.10 Å². The molecule has 0 atom stereocenters. The van der Waals surface area contributed by atoms with Crippen molar-refractivity contribution in [2.45, 2.75) is 26.4 Å². The molecule has 4 rings (SSSR count). The Morgan fingerprint density at radius 1 is 1.19 bits per heavy atom. The number of rotatable bonds is 9. The number of H-pyrrole nitrogens is 1. The van der Waals surface area contributed by atoms with E-state index in [1.54, 1.807) is 47.9 Å². The van der Waals surface area contributed by atoms with Gasteiger partial charge in [0.05, 0.1) is 12.7 Å². The number of pyridine rings is 1. The molecule has 9 nitrogen and oxygen atoms in total. The van der Waals surface area contributed by atoms with Crippen LogP contribution >= 0.6 is 11.3 Å². The normalized spacial score (nSPS) is 10.8. The minimum absolute atomic E-state index is 0.0354. The second-order valence-electron chi connectivity index (χ2n) is 7.23. The maximum absolute atomic E-state index is 12.9. The Kier molecular flexibility index (Phi) is 6.71. The Morgan fingerprint density at radius 3 is 2.75 bits per heavy atom. The lowest BCUT2D eigenvalue weighted by Gasteiger charge is -2.14. The summed E-state index contributed by atoms with van der Waals surface area (Å²) >= 11 is 1.66. The number of nitrogens with one attached hydrogen (secondary N) is 2. The van der Waals surface area contributed by atoms with E-state index >= 15 is 0 Å². The first-order valence-electron chi connectivity index (χ1n) is 10.0. The number of benzene rings is 1. The summed E-state index contributed by atoms with van der Waals surface area (Å²) in [6, 6.07) is 10.7. The summed E-state index contributed by atoms with van der Waals surface area (Å²) in [6.07, 6.45) is 2.33. The average molecular weight is 451 g/mol. The van der Waals surface area contributed by atoms with Crippen LogP contribution in [-0.2, 0) is 6.42 Å². The van der Waals surface area contributed by atoms with Gasteiger partial charge < -0.3 is 14.8 Å². The van der Waals surface area contributed by atoms with Crippen LogP contribution in [0.25, 0.3) is 11.4 Å². The molecule has 0 unspecified atom stereocenters. The van der Waals surface area contributed by atoms with E-state index in [-0.39, 0.29) is 12.0 Å². The monoisotopic (exact) mass is 450 g/mol. The van der Waals surface area contributed by atoms with Crippen molar-refractivity contribution in [3.63, 3.8) is 0 Å². The number of aromatic amines is 1. The molecule has 0 fully saturated rings. The number of aromatic nitrogens is 5. The second-order valence-corrected chi connectivity index (χ2v) is 8.01. The zero-order valence-electron chi connectivity index (χ0n) is 17.6. The molecule has 0 bridgehead atoms. The summed E-state index contributed by atoms with van der Waals surface area (Å²) < 4.78 is 11.7. The molecule has 3 aromatic heterocycles. The predicted molar refractivity (Wildman–Crippen MR) is 121 cm³/mol. The quantitative estimate of drug-likeness (QED) is 0.396. The van der Waals surface area contributed by atoms with E-state index in [2.05, 4.69) is 42.4 Å². The molecular weight excluding hydrogens is 428 g/mol. The number of carbonyl (C=O) groups is 1. The van der Waals surface area contributed by atoms with Gasteiger partial charge in [0.2, 0.25) is 0 Å². The standard InChI is InChI=1S/C22H22N6O3S/c1-14(2)31-19-10-17(9-18(11-19)30-7-5-15-6-8-32-13-15)22(29)24-20-4-3-16(12-23-20)21-25-27-28-26-21/h3-4,6,8-14H,5,7H2,1-2H3,(H,23,24,29)(H,25,26,27,28). The molecule has 0 radical (unpaired) electrons. The summed E-state index contributed by atoms with van der Waals surface area (Å²) in [6.45, 7) is 4.36. The van der Waals surface area contributed by atoms with Crippen LogP contribution in [0.4, 0.5) is 5.82 Å². The van der Waals surface area contributed by atoms with E-state index in [0.29, 0.717) is 40.9 Å². The van der Waals surface area contributed by atoms with E-state index in [0.717, 1.165) is 6.42 Å². The third-order valence-corrected chi connectivity index (χ3v) is 5.11. The summed E-state index contributed by atoms with van der Waals surface area (Å²) in [5, 5.41) is 20.5. The average Bonchev–Trinajstić information content (AvgIpc) is 3.48. The fraction of sp³-hybridized carbons (Fsp3) is 0.227. The number of thiophene rings is 1. The SMILES string of the molecule is CC(C)Oc1cc(OCCc2ccsc2)cc(C(=O)Nc2ccc(-c3nnn[nH]3)cn2)c1. The molecule has 0 aliphatic carbocycles. The summed E-state index contributed by atoms with van der Waals surface area (Å²) in [7, 11) is 0. The van der Waals surface area contributed by atoms with E-state index in [1.165, 1.54) is 5.56 Å². The largest absolute Gasteiger partial charge is 0.493 e. The molecule has 4 aromatic rings. The van der Waals surface area contributed by atoms with Gasteiger partial charge in [-0.25, -0.2) is 10.1 Å². The Bertz CT molecular complexity index is 1150. The van der Waals surface area contributed by atoms with Gasteiger partial charge in [-0.05, 0) is 70.9 Å². The van der Waals surface area contributed by atoms with Crippen molar-refractivity contribution in [1.29, 1.82) is 0 Å². The Morgan fingerprint density at radius 2 is 2.06 bits per heavy atom. The number of ether oxygens (including phenoxy) is 2. The molecule has 32 heavy (non-hydrogen) atoms. The zero-order valence-corrected chi connectivity index (χ0v) is 18.4. The van der Waals surface area contributed by atoms with Crippen molar-refractivity contribution in [2.75, 3.05) is 11.9 Å². The fourth-order valence-corrected chi connectivity index (χ4v) is 3.63. The highest BCUT2D eigenvalue weighted by molar-refractivity contribution is 7.07. The molecule has 164 valence electrons. The molecule has 1 aromatic carbocycles. The first-order valence-corrected chi connectivity index (χ1v) is 11.0. The lowest BCUT2D eigenvalue weighted by Crippen LogP contribution is -2.14. The Balaban J connectivity index is 1.46. The molecule has 3 heterocycles. The lowest BCUT2D eigenvalue weighted by atomic mass is 10.1. The first-order chi connectivity index (χ1) is 15.6. The third-order valence-electron chi connectivity index (χ3n) is 4.38. The molecule has 2 N–H and O–H groups in total. The summed E-state index contributed by atoms with van der Waals surface area (Å²) in [5.74, 6) is 1.73. The van der Waals surface area contributed by atoms with Crippen molar-refractivity contribution >= 4 is 23.1 Å². The van der Waals surface area contributed by atoms with Crippen LogP contribution in [0.2, 0.25) is 0 Å². The number of hydrogen-bond donors (Lipinski definition) is 2. The van der Waals surface area contributed by atoms with E-state index in [1.807, 2.05) is 19.2 Å². The van der Waals surface area contributed by atoms with Gasteiger partial charge in [0.15, 0.2) is 5.82 Å². The van der Waals surface area contributed by atoms with Crippen LogP contribution in [0.5, 0.6) is 11.5 Å². The third kappa shape index (κ3) is 5.67. The van der Waals surface area contributed by atoms with Crippen molar-refractivity contribution < 1.29 is 14.3 Å². The Labute approximate surface area is 188 Å². The molecule has 1 amide bonds. The van der Waals surface area contributed by atoms with Crippen LogP contribution in [0, 0.1) is 0 Å². The summed E-state index contributed by atoms with van der Waals surface area (Å²) in [4.78, 5) is 17.1. The first kappa shape index (κ1) is 21.4. The van der Waals surface area contributed by atoms with E-state index < -0.39 is 0 Å². The molecule has 0 saturated carbocycles. The molecule has 0 saturated heterocycles. The molecule has 10 heteroatoms. The molecular formula is C22H22N6O3S. The highest BCUT2D eigenvalue weighted by Gasteiger charge is 2.13. The van der Waals surface area contributed by atoms with Crippen LogP contribution in [0.15, 0.2) is 53.4 Å². The summed E-state index contributed by atoms with van der Waals surface area (Å²) in [5.41, 5.74) is 2.35.